The number of carbonyl (C=O) groups excluding carboxylic acids is 1. The summed E-state index contributed by atoms with van der Waals surface area (Å²) in [7, 11) is 0. The van der Waals surface area contributed by atoms with E-state index in [0.717, 1.165) is 22.1 Å². The highest BCUT2D eigenvalue weighted by molar-refractivity contribution is 9.10. The molecule has 0 saturated heterocycles. The van der Waals surface area contributed by atoms with E-state index in [1.165, 1.54) is 0 Å². The first-order valence-corrected chi connectivity index (χ1v) is 5.27. The monoisotopic (exact) mass is 264 g/mol. The molecule has 0 bridgehead atoms. The number of nitrogens with zero attached hydrogens (tertiary/aromatic N) is 2. The Morgan fingerprint density at radius 2 is 2.00 bits per heavy atom. The third-order valence-electron chi connectivity index (χ3n) is 2.25. The van der Waals surface area contributed by atoms with Crippen LogP contribution in [-0.4, -0.2) is 16.1 Å². The molecule has 0 amide bonds. The predicted molar refractivity (Wildman–Crippen MR) is 61.4 cm³/mol. The SMILES string of the molecule is Cc1c(C=O)cnn1-c1ccc(Br)cc1. The first-order valence-electron chi connectivity index (χ1n) is 4.48. The summed E-state index contributed by atoms with van der Waals surface area (Å²) < 4.78 is 2.77. The van der Waals surface area contributed by atoms with Crippen LogP contribution in [0.4, 0.5) is 0 Å². The number of hydrogen-bond donors (Lipinski definition) is 0. The van der Waals surface area contributed by atoms with Crippen molar-refractivity contribution in [1.29, 1.82) is 0 Å². The summed E-state index contributed by atoms with van der Waals surface area (Å²) in [6.07, 6.45) is 2.39. The van der Waals surface area contributed by atoms with E-state index in [0.29, 0.717) is 5.56 Å². The molecular weight excluding hydrogens is 256 g/mol. The lowest BCUT2D eigenvalue weighted by molar-refractivity contribution is 0.112. The molecule has 0 aliphatic heterocycles. The van der Waals surface area contributed by atoms with E-state index in [1.54, 1.807) is 10.9 Å². The molecule has 2 rings (SSSR count). The Morgan fingerprint density at radius 1 is 1.33 bits per heavy atom. The topological polar surface area (TPSA) is 34.9 Å². The van der Waals surface area contributed by atoms with Gasteiger partial charge in [-0.3, -0.25) is 4.79 Å². The minimum absolute atomic E-state index is 0.623. The third kappa shape index (κ3) is 1.85. The van der Waals surface area contributed by atoms with Gasteiger partial charge in [-0.25, -0.2) is 4.68 Å². The lowest BCUT2D eigenvalue weighted by Crippen LogP contribution is -1.98. The van der Waals surface area contributed by atoms with E-state index in [1.807, 2.05) is 31.2 Å². The summed E-state index contributed by atoms with van der Waals surface area (Å²) in [5.74, 6) is 0. The van der Waals surface area contributed by atoms with Gasteiger partial charge in [0.25, 0.3) is 0 Å². The Labute approximate surface area is 95.9 Å². The van der Waals surface area contributed by atoms with E-state index in [-0.39, 0.29) is 0 Å². The van der Waals surface area contributed by atoms with Gasteiger partial charge in [-0.2, -0.15) is 5.10 Å². The highest BCUT2D eigenvalue weighted by Gasteiger charge is 2.06. The Morgan fingerprint density at radius 3 is 2.53 bits per heavy atom. The van der Waals surface area contributed by atoms with E-state index >= 15 is 0 Å². The van der Waals surface area contributed by atoms with Crippen LogP contribution in [0.15, 0.2) is 34.9 Å². The second-order valence-electron chi connectivity index (χ2n) is 3.19. The zero-order valence-corrected chi connectivity index (χ0v) is 9.73. The van der Waals surface area contributed by atoms with Crippen LogP contribution in [0, 0.1) is 6.92 Å². The van der Waals surface area contributed by atoms with Gasteiger partial charge in [-0.1, -0.05) is 15.9 Å². The lowest BCUT2D eigenvalue weighted by atomic mass is 10.2. The van der Waals surface area contributed by atoms with Crippen molar-refractivity contribution in [2.24, 2.45) is 0 Å². The molecule has 4 heteroatoms. The molecule has 0 atom stereocenters. The van der Waals surface area contributed by atoms with Crippen LogP contribution >= 0.6 is 15.9 Å². The molecule has 0 aliphatic carbocycles. The summed E-state index contributed by atoms with van der Waals surface area (Å²) in [6.45, 7) is 1.87. The molecular formula is C11H9BrN2O. The van der Waals surface area contributed by atoms with Crippen LogP contribution in [0.2, 0.25) is 0 Å². The molecule has 0 spiro atoms. The number of aldehydes is 1. The van der Waals surface area contributed by atoms with Gasteiger partial charge in [-0.15, -0.1) is 0 Å². The summed E-state index contributed by atoms with van der Waals surface area (Å²) in [4.78, 5) is 10.7. The predicted octanol–water partition coefficient (Wildman–Crippen LogP) is 2.76. The van der Waals surface area contributed by atoms with E-state index in [9.17, 15) is 4.79 Å². The maximum Gasteiger partial charge on any atom is 0.153 e. The summed E-state index contributed by atoms with van der Waals surface area (Å²) >= 11 is 3.37. The molecule has 0 N–H and O–H groups in total. The molecule has 76 valence electrons. The second kappa shape index (κ2) is 3.98. The maximum atomic E-state index is 10.7. The van der Waals surface area contributed by atoms with Crippen molar-refractivity contribution < 1.29 is 4.79 Å². The smallest absolute Gasteiger partial charge is 0.153 e. The van der Waals surface area contributed by atoms with Crippen LogP contribution < -0.4 is 0 Å². The van der Waals surface area contributed by atoms with Gasteiger partial charge in [0.15, 0.2) is 6.29 Å². The van der Waals surface area contributed by atoms with Crippen molar-refractivity contribution in [3.8, 4) is 5.69 Å². The summed E-state index contributed by atoms with van der Waals surface area (Å²) in [6, 6.07) is 7.77. The van der Waals surface area contributed by atoms with Crippen LogP contribution in [0.3, 0.4) is 0 Å². The van der Waals surface area contributed by atoms with Crippen LogP contribution in [0.5, 0.6) is 0 Å². The van der Waals surface area contributed by atoms with Crippen molar-refractivity contribution in [1.82, 2.24) is 9.78 Å². The Bertz CT molecular complexity index is 488. The van der Waals surface area contributed by atoms with Gasteiger partial charge in [0.2, 0.25) is 0 Å². The molecule has 1 heterocycles. The Kier molecular flexibility index (Phi) is 2.68. The number of benzene rings is 1. The van der Waals surface area contributed by atoms with E-state index in [2.05, 4.69) is 21.0 Å². The van der Waals surface area contributed by atoms with Crippen LogP contribution in [0.1, 0.15) is 16.1 Å². The Balaban J connectivity index is 2.49. The minimum atomic E-state index is 0.623. The standard InChI is InChI=1S/C11H9BrN2O/c1-8-9(7-15)6-13-14(8)11-4-2-10(12)3-5-11/h2-7H,1H3. The largest absolute Gasteiger partial charge is 0.298 e. The van der Waals surface area contributed by atoms with Gasteiger partial charge < -0.3 is 0 Å². The third-order valence-corrected chi connectivity index (χ3v) is 2.77. The molecule has 2 aromatic rings. The molecule has 1 aromatic carbocycles. The minimum Gasteiger partial charge on any atom is -0.298 e. The highest BCUT2D eigenvalue weighted by Crippen LogP contribution is 2.16. The fourth-order valence-electron chi connectivity index (χ4n) is 1.38. The van der Waals surface area contributed by atoms with Gasteiger partial charge >= 0.3 is 0 Å². The number of halogens is 1. The van der Waals surface area contributed by atoms with Crippen molar-refractivity contribution in [3.05, 3.63) is 46.2 Å². The van der Waals surface area contributed by atoms with Gasteiger partial charge in [0.1, 0.15) is 0 Å². The van der Waals surface area contributed by atoms with Crippen LogP contribution in [-0.2, 0) is 0 Å². The summed E-state index contributed by atoms with van der Waals surface area (Å²) in [5, 5.41) is 4.16. The van der Waals surface area contributed by atoms with Gasteiger partial charge in [-0.05, 0) is 31.2 Å². The normalized spacial score (nSPS) is 10.3. The average molecular weight is 265 g/mol. The van der Waals surface area contributed by atoms with Crippen molar-refractivity contribution >= 4 is 22.2 Å². The Hall–Kier alpha value is -1.42. The molecule has 0 aliphatic rings. The first-order chi connectivity index (χ1) is 7.22. The van der Waals surface area contributed by atoms with E-state index in [4.69, 9.17) is 0 Å². The van der Waals surface area contributed by atoms with Crippen LogP contribution in [0.25, 0.3) is 5.69 Å². The van der Waals surface area contributed by atoms with Crippen molar-refractivity contribution in [3.63, 3.8) is 0 Å². The van der Waals surface area contributed by atoms with Gasteiger partial charge in [0, 0.05) is 4.47 Å². The molecule has 0 fully saturated rings. The number of hydrogen-bond acceptors (Lipinski definition) is 2. The number of carbonyl (C=O) groups is 1. The second-order valence-corrected chi connectivity index (χ2v) is 4.11. The fourth-order valence-corrected chi connectivity index (χ4v) is 1.64. The molecule has 0 saturated carbocycles. The van der Waals surface area contributed by atoms with Crippen molar-refractivity contribution in [2.45, 2.75) is 6.92 Å². The molecule has 0 unspecified atom stereocenters. The highest BCUT2D eigenvalue weighted by atomic mass is 79.9. The number of aromatic nitrogens is 2. The fraction of sp³-hybridized carbons (Fsp3) is 0.0909. The van der Waals surface area contributed by atoms with Crippen molar-refractivity contribution in [2.75, 3.05) is 0 Å². The molecule has 15 heavy (non-hydrogen) atoms. The van der Waals surface area contributed by atoms with E-state index < -0.39 is 0 Å². The zero-order chi connectivity index (χ0) is 10.8. The number of rotatable bonds is 2. The zero-order valence-electron chi connectivity index (χ0n) is 8.14. The quantitative estimate of drug-likeness (QED) is 0.782. The van der Waals surface area contributed by atoms with Gasteiger partial charge in [0.05, 0.1) is 23.1 Å². The molecule has 0 radical (unpaired) electrons. The summed E-state index contributed by atoms with van der Waals surface area (Å²) in [5.41, 5.74) is 2.43. The average Bonchev–Trinajstić information content (AvgIpc) is 2.61. The molecule has 1 aromatic heterocycles. The first kappa shape index (κ1) is 10.1. The lowest BCUT2D eigenvalue weighted by Gasteiger charge is -2.03. The molecule has 3 nitrogen and oxygen atoms in total. The maximum absolute atomic E-state index is 10.7.